The van der Waals surface area contributed by atoms with Gasteiger partial charge < -0.3 is 10.1 Å². The molecule has 1 aliphatic heterocycles. The van der Waals surface area contributed by atoms with Gasteiger partial charge >= 0.3 is 0 Å². The number of hydrogen-bond donors (Lipinski definition) is 1. The molecule has 27 heavy (non-hydrogen) atoms. The average Bonchev–Trinajstić information content (AvgIpc) is 2.79. The van der Waals surface area contributed by atoms with Crippen LogP contribution in [0.3, 0.4) is 0 Å². The van der Waals surface area contributed by atoms with Crippen molar-refractivity contribution >= 4 is 39.1 Å². The van der Waals surface area contributed by atoms with Gasteiger partial charge in [0, 0.05) is 23.1 Å². The van der Waals surface area contributed by atoms with Gasteiger partial charge in [-0.3, -0.25) is 4.79 Å². The highest BCUT2D eigenvalue weighted by molar-refractivity contribution is 7.89. The summed E-state index contributed by atoms with van der Waals surface area (Å²) < 4.78 is 112. The van der Waals surface area contributed by atoms with Crippen LogP contribution in [0.1, 0.15) is 19.3 Å². The summed E-state index contributed by atoms with van der Waals surface area (Å²) in [6, 6.07) is -4.35. The highest BCUT2D eigenvalue weighted by Crippen LogP contribution is 2.34. The van der Waals surface area contributed by atoms with E-state index in [0.717, 1.165) is 0 Å². The lowest BCUT2D eigenvalue weighted by Gasteiger charge is -2.26. The van der Waals surface area contributed by atoms with E-state index >= 15 is 0 Å². The molecule has 1 amide bonds. The van der Waals surface area contributed by atoms with Crippen LogP contribution in [0.2, 0.25) is 10.0 Å². The molecule has 1 fully saturated rings. The predicted octanol–water partition coefficient (Wildman–Crippen LogP) is 2.78. The van der Waals surface area contributed by atoms with E-state index < -0.39 is 104 Å². The van der Waals surface area contributed by atoms with Crippen molar-refractivity contribution in [3.05, 3.63) is 51.9 Å². The molecule has 1 N–H and O–H groups in total. The average molecular weight is 436 g/mol. The number of carbonyl (C=O) groups is 1. The maximum absolute atomic E-state index is 13.7. The molecule has 1 aliphatic rings. The molecule has 7 nitrogen and oxygen atoms in total. The zero-order valence-electron chi connectivity index (χ0n) is 22.9. The molecule has 10 heteroatoms. The minimum Gasteiger partial charge on any atom is -0.456 e. The summed E-state index contributed by atoms with van der Waals surface area (Å²) in [7, 11) is -5.52. The summed E-state index contributed by atoms with van der Waals surface area (Å²) in [5, 5.41) is 9.79. The van der Waals surface area contributed by atoms with E-state index in [4.69, 9.17) is 41.6 Å². The molecule has 2 aromatic rings. The van der Waals surface area contributed by atoms with Crippen molar-refractivity contribution in [3.63, 3.8) is 0 Å². The van der Waals surface area contributed by atoms with Crippen molar-refractivity contribution in [2.24, 2.45) is 0 Å². The van der Waals surface area contributed by atoms with Crippen molar-refractivity contribution in [1.82, 2.24) is 9.62 Å². The van der Waals surface area contributed by atoms with E-state index in [9.17, 15) is 18.5 Å². The van der Waals surface area contributed by atoms with Gasteiger partial charge in [0.2, 0.25) is 15.9 Å². The fourth-order valence-corrected chi connectivity index (χ4v) is 3.48. The number of nitrogens with zero attached hydrogens (tertiary/aromatic N) is 2. The molecule has 0 aromatic heterocycles. The summed E-state index contributed by atoms with van der Waals surface area (Å²) in [5.41, 5.74) is -0.948. The third-order valence-corrected chi connectivity index (χ3v) is 4.91. The molecule has 0 aliphatic carbocycles. The van der Waals surface area contributed by atoms with Gasteiger partial charge in [-0.15, -0.1) is 0 Å². The van der Waals surface area contributed by atoms with E-state index in [1.807, 2.05) is 0 Å². The molecule has 0 radical (unpaired) electrons. The number of nitriles is 1. The molecule has 3 rings (SSSR count). The van der Waals surface area contributed by atoms with Crippen LogP contribution in [0.15, 0.2) is 41.1 Å². The van der Waals surface area contributed by atoms with Crippen LogP contribution in [-0.2, 0) is 14.8 Å². The summed E-state index contributed by atoms with van der Waals surface area (Å²) in [4.78, 5) is 10.8. The summed E-state index contributed by atoms with van der Waals surface area (Å²) in [5.74, 6) is -3.80. The largest absolute Gasteiger partial charge is 0.456 e. The molecule has 1 saturated heterocycles. The van der Waals surface area contributed by atoms with Crippen LogP contribution in [0.25, 0.3) is 0 Å². The van der Waals surface area contributed by atoms with Gasteiger partial charge in [-0.1, -0.05) is 23.2 Å². The molecule has 0 bridgehead atoms. The second kappa shape index (κ2) is 7.74. The van der Waals surface area contributed by atoms with Crippen LogP contribution in [0, 0.1) is 11.3 Å². The number of nitrogens with one attached hydrogen (secondary N) is 1. The Morgan fingerprint density at radius 1 is 1.26 bits per heavy atom. The molecule has 0 unspecified atom stereocenters. The first kappa shape index (κ1) is 10.3. The molecular formula is C17H13Cl2N3O4S. The lowest BCUT2D eigenvalue weighted by atomic mass is 10.2. The van der Waals surface area contributed by atoms with Crippen LogP contribution >= 0.6 is 23.2 Å². The number of amides is 1. The lowest BCUT2D eigenvalue weighted by Crippen LogP contribution is -2.49. The van der Waals surface area contributed by atoms with E-state index in [2.05, 4.69) is 0 Å². The Morgan fingerprint density at radius 2 is 1.96 bits per heavy atom. The van der Waals surface area contributed by atoms with Gasteiger partial charge in [-0.05, 0) is 36.3 Å². The van der Waals surface area contributed by atoms with E-state index in [0.29, 0.717) is 0 Å². The Kier molecular flexibility index (Phi) is 2.95. The number of carbonyl (C=O) groups excluding carboxylic acids is 1. The number of sulfonamides is 1. The Labute approximate surface area is 180 Å². The molecule has 0 spiro atoms. The second-order valence-corrected chi connectivity index (χ2v) is 7.26. The Balaban J connectivity index is 2.42. The maximum Gasteiger partial charge on any atom is 0.247 e. The van der Waals surface area contributed by atoms with Crippen molar-refractivity contribution in [2.75, 3.05) is 19.5 Å². The number of piperazine rings is 1. The van der Waals surface area contributed by atoms with Gasteiger partial charge in [0.25, 0.3) is 0 Å². The maximum atomic E-state index is 13.7. The van der Waals surface area contributed by atoms with Gasteiger partial charge in [-0.2, -0.15) is 9.57 Å². The number of benzene rings is 2. The van der Waals surface area contributed by atoms with Gasteiger partial charge in [0.05, 0.1) is 31.8 Å². The van der Waals surface area contributed by atoms with Crippen LogP contribution < -0.4 is 10.1 Å². The first-order valence-corrected chi connectivity index (χ1v) is 9.02. The molecule has 140 valence electrons. The zero-order chi connectivity index (χ0) is 28.4. The molecule has 2 aromatic carbocycles. The molecule has 0 saturated carbocycles. The Hall–Kier alpha value is -2.31. The standard InChI is InChI=1S/C17H13Cl2N3O4S/c18-12-6-13(19)8-14(7-12)26-15-2-1-11(9-20)5-16(15)27(24,25)22-4-3-21-17(23)10-22/h1-2,5-8H,3-4,10H2,(H,21,23)/i1D,2D,3D2,5D,6D,7D,8D,10D2. The zero-order valence-corrected chi connectivity index (χ0v) is 15.2. The second-order valence-electron chi connectivity index (χ2n) is 4.71. The van der Waals surface area contributed by atoms with Crippen LogP contribution in [0.5, 0.6) is 11.5 Å². The normalized spacial score (nSPS) is 24.1. The number of ether oxygens (including phenoxy) is 1. The first-order valence-electron chi connectivity index (χ1n) is 11.8. The van der Waals surface area contributed by atoms with Crippen LogP contribution in [-0.4, -0.2) is 38.2 Å². The highest BCUT2D eigenvalue weighted by atomic mass is 35.5. The predicted molar refractivity (Wildman–Crippen MR) is 99.5 cm³/mol. The van der Waals surface area contributed by atoms with E-state index in [-0.39, 0.29) is 4.31 Å². The minimum absolute atomic E-state index is 0.237. The first-order chi connectivity index (χ1) is 16.8. The number of halogens is 2. The summed E-state index contributed by atoms with van der Waals surface area (Å²) in [6.45, 7) is -7.49. The monoisotopic (exact) mass is 435 g/mol. The van der Waals surface area contributed by atoms with E-state index in [1.54, 1.807) is 5.32 Å². The molecule has 1 heterocycles. The van der Waals surface area contributed by atoms with Crippen molar-refractivity contribution in [2.45, 2.75) is 4.90 Å². The van der Waals surface area contributed by atoms with Crippen molar-refractivity contribution in [3.8, 4) is 17.6 Å². The highest BCUT2D eigenvalue weighted by Gasteiger charge is 2.32. The molecule has 0 atom stereocenters. The Bertz CT molecular complexity index is 1490. The smallest absolute Gasteiger partial charge is 0.247 e. The summed E-state index contributed by atoms with van der Waals surface area (Å²) in [6.07, 6.45) is 0. The minimum atomic E-state index is -5.52. The Morgan fingerprint density at radius 3 is 2.63 bits per heavy atom. The fourth-order valence-electron chi connectivity index (χ4n) is 1.86. The fraction of sp³-hybridized carbons (Fsp3) is 0.176. The van der Waals surface area contributed by atoms with E-state index in [1.165, 1.54) is 6.07 Å². The van der Waals surface area contributed by atoms with Gasteiger partial charge in [0.1, 0.15) is 16.4 Å². The van der Waals surface area contributed by atoms with Gasteiger partial charge in [0.15, 0.2) is 0 Å². The molecular weight excluding hydrogens is 413 g/mol. The number of rotatable bonds is 4. The SMILES string of the molecule is [2H]c1c(Cl)c([2H])c(Oc2c([2H])c([2H])c(C#N)c([2H])c2S(=O)(=O)N2CC([2H])([2H])NC(=O)C2([2H])[2H])c([2H])c1Cl. The third kappa shape index (κ3) is 4.34. The van der Waals surface area contributed by atoms with Gasteiger partial charge in [-0.25, -0.2) is 8.42 Å². The number of hydrogen-bond acceptors (Lipinski definition) is 5. The third-order valence-electron chi connectivity index (χ3n) is 2.93. The van der Waals surface area contributed by atoms with Crippen molar-refractivity contribution < 1.29 is 31.7 Å². The van der Waals surface area contributed by atoms with Crippen LogP contribution in [0.4, 0.5) is 0 Å². The summed E-state index contributed by atoms with van der Waals surface area (Å²) >= 11 is 11.7. The topological polar surface area (TPSA) is 99.5 Å². The quantitative estimate of drug-likeness (QED) is 0.795. The lowest BCUT2D eigenvalue weighted by molar-refractivity contribution is -0.122. The van der Waals surface area contributed by atoms with Crippen molar-refractivity contribution in [1.29, 1.82) is 5.26 Å².